The molecule has 0 bridgehead atoms. The number of benzene rings is 3. The third-order valence-corrected chi connectivity index (χ3v) is 7.27. The molecule has 2 aromatic heterocycles. The fourth-order valence-electron chi connectivity index (χ4n) is 5.17. The molecular formula is C32H30N6O. The highest BCUT2D eigenvalue weighted by Gasteiger charge is 2.29. The molecule has 2 N–H and O–H groups in total. The molecule has 194 valence electrons. The summed E-state index contributed by atoms with van der Waals surface area (Å²) in [5.41, 5.74) is 7.21. The topological polar surface area (TPSA) is 87.8 Å². The molecule has 5 aromatic rings. The van der Waals surface area contributed by atoms with Crippen molar-refractivity contribution in [1.82, 2.24) is 20.1 Å². The summed E-state index contributed by atoms with van der Waals surface area (Å²) in [5.74, 6) is 0.615. The van der Waals surface area contributed by atoms with Crippen LogP contribution in [0.2, 0.25) is 0 Å². The highest BCUT2D eigenvalue weighted by atomic mass is 16.5. The van der Waals surface area contributed by atoms with Gasteiger partial charge in [0, 0.05) is 23.7 Å². The van der Waals surface area contributed by atoms with Crippen LogP contribution in [0.15, 0.2) is 91.3 Å². The van der Waals surface area contributed by atoms with Crippen LogP contribution in [0.3, 0.4) is 0 Å². The van der Waals surface area contributed by atoms with Gasteiger partial charge in [0.05, 0.1) is 41.6 Å². The highest BCUT2D eigenvalue weighted by molar-refractivity contribution is 5.85. The van der Waals surface area contributed by atoms with Crippen LogP contribution < -0.4 is 15.4 Å². The second-order valence-electron chi connectivity index (χ2n) is 9.75. The van der Waals surface area contributed by atoms with E-state index in [2.05, 4.69) is 77.3 Å². The number of aryl methyl sites for hydroxylation is 1. The van der Waals surface area contributed by atoms with Crippen molar-refractivity contribution in [2.75, 3.05) is 18.4 Å². The Morgan fingerprint density at radius 1 is 1.05 bits per heavy atom. The molecular weight excluding hydrogens is 484 g/mol. The van der Waals surface area contributed by atoms with E-state index in [4.69, 9.17) is 15.0 Å². The lowest BCUT2D eigenvalue weighted by Gasteiger charge is -2.33. The third-order valence-electron chi connectivity index (χ3n) is 7.27. The van der Waals surface area contributed by atoms with E-state index in [0.29, 0.717) is 18.0 Å². The van der Waals surface area contributed by atoms with Crippen LogP contribution in [-0.2, 0) is 13.0 Å². The summed E-state index contributed by atoms with van der Waals surface area (Å²) >= 11 is 0. The van der Waals surface area contributed by atoms with Crippen molar-refractivity contribution in [2.24, 2.45) is 0 Å². The second-order valence-corrected chi connectivity index (χ2v) is 9.75. The zero-order valence-corrected chi connectivity index (χ0v) is 21.8. The van der Waals surface area contributed by atoms with Crippen molar-refractivity contribution in [3.8, 4) is 23.1 Å². The summed E-state index contributed by atoms with van der Waals surface area (Å²) in [7, 11) is 0. The molecule has 7 heteroatoms. The van der Waals surface area contributed by atoms with E-state index in [9.17, 15) is 0 Å². The van der Waals surface area contributed by atoms with Gasteiger partial charge in [0.1, 0.15) is 6.10 Å². The summed E-state index contributed by atoms with van der Waals surface area (Å²) in [6.07, 6.45) is 4.52. The van der Waals surface area contributed by atoms with Crippen LogP contribution >= 0.6 is 0 Å². The van der Waals surface area contributed by atoms with Crippen LogP contribution in [0.25, 0.3) is 22.0 Å². The van der Waals surface area contributed by atoms with Gasteiger partial charge in [0.25, 0.3) is 0 Å². The summed E-state index contributed by atoms with van der Waals surface area (Å²) in [6, 6.07) is 28.8. The van der Waals surface area contributed by atoms with Crippen LogP contribution in [0.1, 0.15) is 29.7 Å². The predicted molar refractivity (Wildman–Crippen MR) is 154 cm³/mol. The molecule has 0 fully saturated rings. The number of pyridine rings is 1. The van der Waals surface area contributed by atoms with Gasteiger partial charge in [-0.05, 0) is 66.9 Å². The Kier molecular flexibility index (Phi) is 6.94. The number of nitrogens with one attached hydrogen (secondary N) is 2. The van der Waals surface area contributed by atoms with E-state index >= 15 is 0 Å². The molecule has 0 saturated heterocycles. The van der Waals surface area contributed by atoms with E-state index in [0.717, 1.165) is 47.2 Å². The molecule has 3 heterocycles. The van der Waals surface area contributed by atoms with Gasteiger partial charge in [-0.3, -0.25) is 4.68 Å². The monoisotopic (exact) mass is 514 g/mol. The van der Waals surface area contributed by atoms with E-state index < -0.39 is 0 Å². The zero-order valence-electron chi connectivity index (χ0n) is 21.8. The van der Waals surface area contributed by atoms with Gasteiger partial charge in [-0.2, -0.15) is 10.4 Å². The molecule has 0 aliphatic carbocycles. The van der Waals surface area contributed by atoms with Gasteiger partial charge in [0.15, 0.2) is 0 Å². The van der Waals surface area contributed by atoms with Crippen LogP contribution in [-0.4, -0.2) is 34.0 Å². The van der Waals surface area contributed by atoms with Gasteiger partial charge in [0.2, 0.25) is 5.88 Å². The second kappa shape index (κ2) is 11.0. The highest BCUT2D eigenvalue weighted by Crippen LogP contribution is 2.35. The summed E-state index contributed by atoms with van der Waals surface area (Å²) in [5, 5.41) is 21.9. The Morgan fingerprint density at radius 3 is 2.69 bits per heavy atom. The lowest BCUT2D eigenvalue weighted by molar-refractivity contribution is 0.150. The van der Waals surface area contributed by atoms with Crippen LogP contribution in [0, 0.1) is 11.3 Å². The average Bonchev–Trinajstić information content (AvgIpc) is 3.42. The van der Waals surface area contributed by atoms with Crippen LogP contribution in [0.4, 0.5) is 5.69 Å². The Balaban J connectivity index is 1.18. The first-order chi connectivity index (χ1) is 19.2. The van der Waals surface area contributed by atoms with Gasteiger partial charge >= 0.3 is 0 Å². The summed E-state index contributed by atoms with van der Waals surface area (Å²) in [4.78, 5) is 4.71. The Morgan fingerprint density at radius 2 is 1.90 bits per heavy atom. The van der Waals surface area contributed by atoms with Crippen molar-refractivity contribution in [2.45, 2.75) is 32.0 Å². The van der Waals surface area contributed by atoms with Crippen molar-refractivity contribution in [3.05, 3.63) is 108 Å². The lowest BCUT2D eigenvalue weighted by Crippen LogP contribution is -2.43. The van der Waals surface area contributed by atoms with Crippen molar-refractivity contribution in [3.63, 3.8) is 0 Å². The largest absolute Gasteiger partial charge is 0.469 e. The maximum atomic E-state index is 9.05. The number of hydrogen-bond donors (Lipinski definition) is 2. The Bertz CT molecular complexity index is 1620. The number of hydrogen-bond acceptors (Lipinski definition) is 6. The maximum absolute atomic E-state index is 9.05. The maximum Gasteiger partial charge on any atom is 0.237 e. The fourth-order valence-corrected chi connectivity index (χ4v) is 5.17. The van der Waals surface area contributed by atoms with E-state index in [1.165, 1.54) is 11.1 Å². The van der Waals surface area contributed by atoms with E-state index in [-0.39, 0.29) is 12.1 Å². The van der Waals surface area contributed by atoms with E-state index in [1.54, 1.807) is 0 Å². The fraction of sp³-hybridized carbons (Fsp3) is 0.219. The number of anilines is 1. The number of aromatic nitrogens is 3. The number of fused-ring (bicyclic) bond motifs is 2. The quantitative estimate of drug-likeness (QED) is 0.275. The van der Waals surface area contributed by atoms with E-state index in [1.807, 2.05) is 47.4 Å². The molecule has 6 rings (SSSR count). The predicted octanol–water partition coefficient (Wildman–Crippen LogP) is 5.74. The molecule has 1 aliphatic rings. The normalized spacial score (nSPS) is 15.1. The third kappa shape index (κ3) is 5.20. The number of nitrogens with zero attached hydrogens (tertiary/aromatic N) is 4. The molecule has 1 aliphatic heterocycles. The first kappa shape index (κ1) is 24.7. The van der Waals surface area contributed by atoms with Gasteiger partial charge < -0.3 is 15.4 Å². The van der Waals surface area contributed by atoms with Crippen molar-refractivity contribution in [1.29, 1.82) is 5.26 Å². The lowest BCUT2D eigenvalue weighted by atomic mass is 9.99. The Hall–Kier alpha value is -4.67. The number of rotatable bonds is 8. The molecule has 0 spiro atoms. The van der Waals surface area contributed by atoms with Gasteiger partial charge in [-0.15, -0.1) is 0 Å². The summed E-state index contributed by atoms with van der Waals surface area (Å²) in [6.45, 7) is 4.38. The smallest absolute Gasteiger partial charge is 0.237 e. The van der Waals surface area contributed by atoms with Crippen LogP contribution in [0.5, 0.6) is 5.88 Å². The minimum absolute atomic E-state index is 0.00998. The minimum Gasteiger partial charge on any atom is -0.469 e. The molecule has 2 atom stereocenters. The molecule has 7 nitrogen and oxygen atoms in total. The number of ether oxygens (including phenoxy) is 1. The van der Waals surface area contributed by atoms with Crippen molar-refractivity contribution < 1.29 is 4.74 Å². The van der Waals surface area contributed by atoms with Gasteiger partial charge in [-0.1, -0.05) is 48.5 Å². The Labute approximate surface area is 228 Å². The van der Waals surface area contributed by atoms with Crippen molar-refractivity contribution >= 4 is 16.6 Å². The molecule has 0 unspecified atom stereocenters. The zero-order chi connectivity index (χ0) is 26.6. The summed E-state index contributed by atoms with van der Waals surface area (Å²) < 4.78 is 8.48. The first-order valence-electron chi connectivity index (χ1n) is 13.4. The van der Waals surface area contributed by atoms with Gasteiger partial charge in [-0.25, -0.2) is 4.98 Å². The molecule has 39 heavy (non-hydrogen) atoms. The molecule has 0 saturated carbocycles. The average molecular weight is 515 g/mol. The first-order valence-corrected chi connectivity index (χ1v) is 13.4. The molecule has 3 aromatic carbocycles. The standard InChI is InChI=1S/C32H30N6O/c1-2-38-29-13-12-25(16-27(29)20-37-38)26-17-28-32(36-19-26)39-30(21-35-28)31(24-6-4-3-5-7-24)34-15-14-22-8-10-23(18-33)11-9-22/h3-13,16-17,19-20,30-31,34-35H,2,14-15,21H2,1H3/t30-,31+/m0/s1. The number of nitriles is 1. The SMILES string of the molecule is CCn1ncc2cc(-c3cnc4c(c3)NC[C@@H]([C@H](NCCc3ccc(C#N)cc3)c3ccccc3)O4)ccc21. The molecule has 0 amide bonds. The minimum atomic E-state index is -0.129. The molecule has 0 radical (unpaired) electrons.